The number of benzene rings is 11. The van der Waals surface area contributed by atoms with Crippen LogP contribution in [-0.4, -0.2) is 19.5 Å². The molecule has 0 aliphatic carbocycles. The van der Waals surface area contributed by atoms with Crippen LogP contribution in [-0.2, 0) is 0 Å². The van der Waals surface area contributed by atoms with Gasteiger partial charge in [-0.3, -0.25) is 0 Å². The van der Waals surface area contributed by atoms with Crippen LogP contribution in [0.3, 0.4) is 0 Å². The molecule has 5 heteroatoms. The van der Waals surface area contributed by atoms with E-state index in [4.69, 9.17) is 15.0 Å². The molecule has 11 aromatic carbocycles. The molecule has 13 rings (SSSR count). The Morgan fingerprint density at radius 1 is 0.250 bits per heavy atom. The van der Waals surface area contributed by atoms with E-state index in [0.717, 1.165) is 55.9 Å². The topological polar surface area (TPSA) is 46.8 Å². The van der Waals surface area contributed by atoms with E-state index in [1.54, 1.807) is 0 Å². The number of anilines is 3. The van der Waals surface area contributed by atoms with Gasteiger partial charge < -0.3 is 9.47 Å². The van der Waals surface area contributed by atoms with Crippen molar-refractivity contribution in [2.24, 2.45) is 0 Å². The molecular weight excluding hydrogens is 827 g/mol. The highest BCUT2D eigenvalue weighted by Gasteiger charge is 2.19. The molecule has 2 heterocycles. The second kappa shape index (κ2) is 16.4. The van der Waals surface area contributed by atoms with Crippen molar-refractivity contribution in [3.63, 3.8) is 0 Å². The van der Waals surface area contributed by atoms with Crippen LogP contribution >= 0.6 is 0 Å². The van der Waals surface area contributed by atoms with E-state index in [-0.39, 0.29) is 0 Å². The summed E-state index contributed by atoms with van der Waals surface area (Å²) >= 11 is 0. The first-order valence-corrected chi connectivity index (χ1v) is 23.0. The summed E-state index contributed by atoms with van der Waals surface area (Å²) in [6.45, 7) is 0. The molecule has 0 bridgehead atoms. The molecule has 5 nitrogen and oxygen atoms in total. The summed E-state index contributed by atoms with van der Waals surface area (Å²) in [5.74, 6) is 1.92. The average molecular weight is 868 g/mol. The van der Waals surface area contributed by atoms with Gasteiger partial charge in [0.25, 0.3) is 0 Å². The molecule has 13 aromatic rings. The third-order valence-corrected chi connectivity index (χ3v) is 13.2. The first-order valence-electron chi connectivity index (χ1n) is 23.0. The fraction of sp³-hybridized carbons (Fsp3) is 0. The smallest absolute Gasteiger partial charge is 0.164 e. The Labute approximate surface area is 393 Å². The van der Waals surface area contributed by atoms with Crippen molar-refractivity contribution in [1.82, 2.24) is 19.5 Å². The number of nitrogens with zero attached hydrogens (tertiary/aromatic N) is 5. The summed E-state index contributed by atoms with van der Waals surface area (Å²) in [5.41, 5.74) is 11.9. The molecule has 0 spiro atoms. The standard InChI is InChI=1S/C63H41N5/c1-5-17-43(18-6-1)61-64-62(44-19-7-2-8-20-44)66-63(65-61)46-31-36-53-51-25-13-14-26-52(51)54-37-35-50(41-57(54)56(53)40-46)68-59-28-16-15-27-55(59)58-39-45(32-38-60(58)68)42-29-33-49(34-30-42)67(47-21-9-3-10-22-47)48-23-11-4-12-24-48/h1-41H. The molecule has 0 fully saturated rings. The van der Waals surface area contributed by atoms with Gasteiger partial charge in [-0.05, 0) is 116 Å². The van der Waals surface area contributed by atoms with Crippen molar-refractivity contribution in [3.05, 3.63) is 249 Å². The lowest BCUT2D eigenvalue weighted by Crippen LogP contribution is -2.09. The first-order chi connectivity index (χ1) is 33.7. The lowest BCUT2D eigenvalue weighted by Gasteiger charge is -2.25. The van der Waals surface area contributed by atoms with Gasteiger partial charge >= 0.3 is 0 Å². The molecule has 0 radical (unpaired) electrons. The second-order valence-corrected chi connectivity index (χ2v) is 17.2. The van der Waals surface area contributed by atoms with E-state index in [1.165, 1.54) is 48.8 Å². The molecular formula is C63H41N5. The van der Waals surface area contributed by atoms with Crippen LogP contribution in [0.25, 0.3) is 105 Å². The Bertz CT molecular complexity index is 3900. The predicted octanol–water partition coefficient (Wildman–Crippen LogP) is 16.6. The zero-order valence-electron chi connectivity index (χ0n) is 36.9. The van der Waals surface area contributed by atoms with Crippen molar-refractivity contribution >= 4 is 71.2 Å². The molecule has 0 unspecified atom stereocenters. The number of hydrogen-bond donors (Lipinski definition) is 0. The van der Waals surface area contributed by atoms with Crippen molar-refractivity contribution in [2.45, 2.75) is 0 Å². The van der Waals surface area contributed by atoms with Crippen LogP contribution in [0.15, 0.2) is 249 Å². The van der Waals surface area contributed by atoms with Crippen LogP contribution < -0.4 is 4.90 Å². The van der Waals surface area contributed by atoms with Gasteiger partial charge in [0.2, 0.25) is 0 Å². The monoisotopic (exact) mass is 867 g/mol. The summed E-state index contributed by atoms with van der Waals surface area (Å²) in [4.78, 5) is 17.5. The fourth-order valence-electron chi connectivity index (χ4n) is 10.00. The van der Waals surface area contributed by atoms with Gasteiger partial charge in [-0.2, -0.15) is 0 Å². The SMILES string of the molecule is c1ccc(-c2nc(-c3ccccc3)nc(-c3ccc4c5ccccc5c5ccc(-n6c7ccccc7c7cc(-c8ccc(N(c9ccccc9)c9ccccc9)cc8)ccc76)cc5c4c3)n2)cc1. The van der Waals surface area contributed by atoms with Crippen LogP contribution in [0.1, 0.15) is 0 Å². The first kappa shape index (κ1) is 39.2. The van der Waals surface area contributed by atoms with E-state index < -0.39 is 0 Å². The molecule has 2 aromatic heterocycles. The fourth-order valence-corrected chi connectivity index (χ4v) is 10.00. The van der Waals surface area contributed by atoms with Gasteiger partial charge in [0.15, 0.2) is 17.5 Å². The van der Waals surface area contributed by atoms with Crippen LogP contribution in [0.4, 0.5) is 17.1 Å². The largest absolute Gasteiger partial charge is 0.311 e. The van der Waals surface area contributed by atoms with Gasteiger partial charge in [-0.1, -0.05) is 176 Å². The van der Waals surface area contributed by atoms with Crippen LogP contribution in [0.2, 0.25) is 0 Å². The maximum atomic E-state index is 5.11. The summed E-state index contributed by atoms with van der Waals surface area (Å²) in [5, 5.41) is 9.55. The zero-order chi connectivity index (χ0) is 45.0. The van der Waals surface area contributed by atoms with Crippen molar-refractivity contribution in [3.8, 4) is 51.0 Å². The summed E-state index contributed by atoms with van der Waals surface area (Å²) in [6, 6.07) is 88.4. The molecule has 0 atom stereocenters. The Hall–Kier alpha value is -9.19. The van der Waals surface area contributed by atoms with Gasteiger partial charge in [-0.25, -0.2) is 15.0 Å². The maximum absolute atomic E-state index is 5.11. The van der Waals surface area contributed by atoms with Crippen molar-refractivity contribution in [2.75, 3.05) is 4.90 Å². The van der Waals surface area contributed by atoms with Gasteiger partial charge in [0.1, 0.15) is 0 Å². The maximum Gasteiger partial charge on any atom is 0.164 e. The quantitative estimate of drug-likeness (QED) is 0.143. The van der Waals surface area contributed by atoms with Gasteiger partial charge in [0, 0.05) is 50.2 Å². The lowest BCUT2D eigenvalue weighted by molar-refractivity contribution is 1.07. The molecule has 0 N–H and O–H groups in total. The third kappa shape index (κ3) is 6.76. The van der Waals surface area contributed by atoms with E-state index in [0.29, 0.717) is 17.5 Å². The normalized spacial score (nSPS) is 11.5. The summed E-state index contributed by atoms with van der Waals surface area (Å²) in [6.07, 6.45) is 0. The van der Waals surface area contributed by atoms with Crippen LogP contribution in [0, 0.1) is 0 Å². The molecule has 318 valence electrons. The Kier molecular flexibility index (Phi) is 9.43. The third-order valence-electron chi connectivity index (χ3n) is 13.2. The van der Waals surface area contributed by atoms with E-state index in [1.807, 2.05) is 36.4 Å². The number of hydrogen-bond acceptors (Lipinski definition) is 4. The van der Waals surface area contributed by atoms with E-state index in [2.05, 4.69) is 222 Å². The second-order valence-electron chi connectivity index (χ2n) is 17.2. The van der Waals surface area contributed by atoms with Crippen LogP contribution in [0.5, 0.6) is 0 Å². The lowest BCUT2D eigenvalue weighted by atomic mass is 9.93. The van der Waals surface area contributed by atoms with E-state index >= 15 is 0 Å². The zero-order valence-corrected chi connectivity index (χ0v) is 36.9. The number of para-hydroxylation sites is 3. The predicted molar refractivity (Wildman–Crippen MR) is 283 cm³/mol. The minimum atomic E-state index is 0.634. The molecule has 0 saturated carbocycles. The summed E-state index contributed by atoms with van der Waals surface area (Å²) in [7, 11) is 0. The van der Waals surface area contributed by atoms with Gasteiger partial charge in [-0.15, -0.1) is 0 Å². The highest BCUT2D eigenvalue weighted by Crippen LogP contribution is 2.41. The Morgan fingerprint density at radius 3 is 1.26 bits per heavy atom. The Balaban J connectivity index is 0.951. The number of fused-ring (bicyclic) bond motifs is 9. The summed E-state index contributed by atoms with van der Waals surface area (Å²) < 4.78 is 2.42. The average Bonchev–Trinajstić information content (AvgIpc) is 3.75. The van der Waals surface area contributed by atoms with E-state index in [9.17, 15) is 0 Å². The minimum absolute atomic E-state index is 0.634. The minimum Gasteiger partial charge on any atom is -0.311 e. The van der Waals surface area contributed by atoms with Crippen molar-refractivity contribution < 1.29 is 0 Å². The molecule has 0 aliphatic heterocycles. The highest BCUT2D eigenvalue weighted by atomic mass is 15.1. The Morgan fingerprint density at radius 2 is 0.662 bits per heavy atom. The molecule has 0 aliphatic rings. The number of rotatable bonds is 8. The molecule has 68 heavy (non-hydrogen) atoms. The van der Waals surface area contributed by atoms with Crippen molar-refractivity contribution in [1.29, 1.82) is 0 Å². The molecule has 0 amide bonds. The van der Waals surface area contributed by atoms with Gasteiger partial charge in [0.05, 0.1) is 11.0 Å². The number of aromatic nitrogens is 4. The molecule has 0 saturated heterocycles. The highest BCUT2D eigenvalue weighted by molar-refractivity contribution is 6.26.